The summed E-state index contributed by atoms with van der Waals surface area (Å²) in [7, 11) is 0. The fraction of sp³-hybridized carbons (Fsp3) is 0.455. The number of alkyl halides is 6. The fourth-order valence-corrected chi connectivity index (χ4v) is 3.24. The molecular weight excluding hydrogens is 378 g/mol. The van der Waals surface area contributed by atoms with Crippen LogP contribution >= 0.6 is 0 Å². The Balaban J connectivity index is 2.72. The van der Waals surface area contributed by atoms with Gasteiger partial charge < -0.3 is 0 Å². The number of halogens is 6. The second-order valence-electron chi connectivity index (χ2n) is 7.98. The predicted molar refractivity (Wildman–Crippen MR) is 99.0 cm³/mol. The van der Waals surface area contributed by atoms with Gasteiger partial charge in [-0.15, -0.1) is 0 Å². The molecule has 0 aliphatic rings. The minimum Gasteiger partial charge on any atom is -0.166 e. The van der Waals surface area contributed by atoms with E-state index in [0.717, 1.165) is 24.3 Å². The van der Waals surface area contributed by atoms with E-state index in [9.17, 15) is 26.3 Å². The quantitative estimate of drug-likeness (QED) is 0.448. The SMILES string of the molecule is CC(C)Cc1cc(-c2cc(C(F)(F)F)ccc2CC(C)C)cc(C(F)(F)F)c1. The normalized spacial score (nSPS) is 12.9. The first-order valence-electron chi connectivity index (χ1n) is 9.19. The molecule has 28 heavy (non-hydrogen) atoms. The van der Waals surface area contributed by atoms with Gasteiger partial charge in [0.2, 0.25) is 0 Å². The molecule has 0 unspecified atom stereocenters. The average molecular weight is 402 g/mol. The summed E-state index contributed by atoms with van der Waals surface area (Å²) in [6.45, 7) is 7.60. The van der Waals surface area contributed by atoms with Gasteiger partial charge in [-0.3, -0.25) is 0 Å². The fourth-order valence-electron chi connectivity index (χ4n) is 3.24. The summed E-state index contributed by atoms with van der Waals surface area (Å²) in [5, 5.41) is 0. The van der Waals surface area contributed by atoms with Crippen LogP contribution in [0.25, 0.3) is 11.1 Å². The Morgan fingerprint density at radius 2 is 1.25 bits per heavy atom. The van der Waals surface area contributed by atoms with E-state index in [1.807, 2.05) is 27.7 Å². The Kier molecular flexibility index (Phi) is 6.51. The van der Waals surface area contributed by atoms with E-state index >= 15 is 0 Å². The summed E-state index contributed by atoms with van der Waals surface area (Å²) >= 11 is 0. The molecule has 0 saturated carbocycles. The molecule has 0 amide bonds. The molecular formula is C22H24F6. The van der Waals surface area contributed by atoms with E-state index in [1.165, 1.54) is 6.07 Å². The van der Waals surface area contributed by atoms with Crippen LogP contribution in [0, 0.1) is 11.8 Å². The monoisotopic (exact) mass is 402 g/mol. The van der Waals surface area contributed by atoms with Crippen molar-refractivity contribution in [3.8, 4) is 11.1 Å². The Morgan fingerprint density at radius 3 is 1.75 bits per heavy atom. The molecule has 0 saturated heterocycles. The van der Waals surface area contributed by atoms with Crippen molar-refractivity contribution in [1.29, 1.82) is 0 Å². The van der Waals surface area contributed by atoms with Crippen LogP contribution in [0.2, 0.25) is 0 Å². The zero-order valence-corrected chi connectivity index (χ0v) is 16.3. The molecule has 0 spiro atoms. The van der Waals surface area contributed by atoms with E-state index < -0.39 is 23.5 Å². The molecule has 2 rings (SSSR count). The maximum absolute atomic E-state index is 13.4. The van der Waals surface area contributed by atoms with Crippen LogP contribution in [-0.2, 0) is 25.2 Å². The van der Waals surface area contributed by atoms with Gasteiger partial charge in [-0.25, -0.2) is 0 Å². The van der Waals surface area contributed by atoms with Crippen LogP contribution in [0.3, 0.4) is 0 Å². The lowest BCUT2D eigenvalue weighted by Crippen LogP contribution is -2.09. The third-order valence-corrected chi connectivity index (χ3v) is 4.34. The summed E-state index contributed by atoms with van der Waals surface area (Å²) in [5.74, 6) is 0.268. The molecule has 0 atom stereocenters. The first-order valence-corrected chi connectivity index (χ1v) is 9.19. The highest BCUT2D eigenvalue weighted by Gasteiger charge is 2.33. The van der Waals surface area contributed by atoms with E-state index in [0.29, 0.717) is 24.0 Å². The molecule has 0 heterocycles. The molecule has 0 aliphatic heterocycles. The molecule has 0 bridgehead atoms. The van der Waals surface area contributed by atoms with Gasteiger partial charge in [0.1, 0.15) is 0 Å². The van der Waals surface area contributed by atoms with E-state index in [4.69, 9.17) is 0 Å². The summed E-state index contributed by atoms with van der Waals surface area (Å²) < 4.78 is 79.9. The Labute approximate surface area is 161 Å². The smallest absolute Gasteiger partial charge is 0.166 e. The van der Waals surface area contributed by atoms with Crippen LogP contribution in [0.15, 0.2) is 36.4 Å². The predicted octanol–water partition coefficient (Wildman–Crippen LogP) is 7.79. The molecule has 154 valence electrons. The maximum Gasteiger partial charge on any atom is 0.416 e. The van der Waals surface area contributed by atoms with Gasteiger partial charge in [-0.2, -0.15) is 26.3 Å². The van der Waals surface area contributed by atoms with Gasteiger partial charge in [0, 0.05) is 0 Å². The second kappa shape index (κ2) is 8.18. The molecule has 2 aromatic rings. The van der Waals surface area contributed by atoms with Crippen molar-refractivity contribution in [2.24, 2.45) is 11.8 Å². The van der Waals surface area contributed by atoms with Crippen LogP contribution < -0.4 is 0 Å². The molecule has 0 aliphatic carbocycles. The Hall–Kier alpha value is -1.98. The van der Waals surface area contributed by atoms with Crippen molar-refractivity contribution in [2.45, 2.75) is 52.9 Å². The van der Waals surface area contributed by atoms with Crippen LogP contribution in [0.5, 0.6) is 0 Å². The molecule has 0 N–H and O–H groups in total. The zero-order valence-electron chi connectivity index (χ0n) is 16.3. The highest BCUT2D eigenvalue weighted by Crippen LogP contribution is 2.38. The lowest BCUT2D eigenvalue weighted by Gasteiger charge is -2.18. The van der Waals surface area contributed by atoms with E-state index in [-0.39, 0.29) is 23.0 Å². The van der Waals surface area contributed by atoms with Gasteiger partial charge in [0.25, 0.3) is 0 Å². The van der Waals surface area contributed by atoms with Gasteiger partial charge in [0.15, 0.2) is 0 Å². The molecule has 0 nitrogen and oxygen atoms in total. The molecule has 0 aromatic heterocycles. The minimum atomic E-state index is -4.57. The van der Waals surface area contributed by atoms with Crippen LogP contribution in [0.4, 0.5) is 26.3 Å². The first kappa shape index (κ1) is 22.3. The lowest BCUT2D eigenvalue weighted by molar-refractivity contribution is -0.138. The van der Waals surface area contributed by atoms with Gasteiger partial charge in [-0.1, -0.05) is 39.8 Å². The summed E-state index contributed by atoms with van der Waals surface area (Å²) in [4.78, 5) is 0. The molecule has 0 fully saturated rings. The van der Waals surface area contributed by atoms with Crippen LogP contribution in [-0.4, -0.2) is 0 Å². The number of benzene rings is 2. The third kappa shape index (κ3) is 5.76. The minimum absolute atomic E-state index is 0.118. The van der Waals surface area contributed by atoms with Crippen molar-refractivity contribution in [3.63, 3.8) is 0 Å². The highest BCUT2D eigenvalue weighted by molar-refractivity contribution is 5.70. The van der Waals surface area contributed by atoms with Crippen molar-refractivity contribution in [1.82, 2.24) is 0 Å². The van der Waals surface area contributed by atoms with E-state index in [1.54, 1.807) is 6.07 Å². The number of hydrogen-bond donors (Lipinski definition) is 0. The van der Waals surface area contributed by atoms with Crippen molar-refractivity contribution >= 4 is 0 Å². The second-order valence-corrected chi connectivity index (χ2v) is 7.98. The molecule has 2 aromatic carbocycles. The number of hydrogen-bond acceptors (Lipinski definition) is 0. The standard InChI is InChI=1S/C22H24F6/c1-13(2)7-15-9-17(11-19(10-15)22(26,27)28)20-12-18(21(23,24)25)6-5-16(20)8-14(3)4/h5-6,9-14H,7-8H2,1-4H3. The third-order valence-electron chi connectivity index (χ3n) is 4.34. The average Bonchev–Trinajstić information content (AvgIpc) is 2.51. The Morgan fingerprint density at radius 1 is 0.679 bits per heavy atom. The van der Waals surface area contributed by atoms with Gasteiger partial charge in [0.05, 0.1) is 11.1 Å². The summed E-state index contributed by atoms with van der Waals surface area (Å²) in [5.41, 5.74) is -0.246. The largest absolute Gasteiger partial charge is 0.416 e. The first-order chi connectivity index (χ1) is 12.8. The molecule has 6 heteroatoms. The van der Waals surface area contributed by atoms with Gasteiger partial charge in [-0.05, 0) is 71.2 Å². The summed E-state index contributed by atoms with van der Waals surface area (Å²) in [6.07, 6.45) is -8.24. The lowest BCUT2D eigenvalue weighted by atomic mass is 9.89. The van der Waals surface area contributed by atoms with Gasteiger partial charge >= 0.3 is 12.4 Å². The maximum atomic E-state index is 13.4. The highest BCUT2D eigenvalue weighted by atomic mass is 19.4. The number of rotatable bonds is 5. The van der Waals surface area contributed by atoms with E-state index in [2.05, 4.69) is 0 Å². The van der Waals surface area contributed by atoms with Crippen molar-refractivity contribution < 1.29 is 26.3 Å². The van der Waals surface area contributed by atoms with Crippen molar-refractivity contribution in [3.05, 3.63) is 58.7 Å². The Bertz CT molecular complexity index is 813. The van der Waals surface area contributed by atoms with Crippen molar-refractivity contribution in [2.75, 3.05) is 0 Å². The summed E-state index contributed by atoms with van der Waals surface area (Å²) in [6, 6.07) is 6.94. The topological polar surface area (TPSA) is 0 Å². The van der Waals surface area contributed by atoms with Crippen LogP contribution in [0.1, 0.15) is 49.9 Å². The molecule has 0 radical (unpaired) electrons. The zero-order chi connectivity index (χ0) is 21.3.